The van der Waals surface area contributed by atoms with E-state index in [-0.39, 0.29) is 12.1 Å². The van der Waals surface area contributed by atoms with Crippen molar-refractivity contribution < 1.29 is 8.42 Å². The third kappa shape index (κ3) is 4.74. The molecule has 0 spiro atoms. The van der Waals surface area contributed by atoms with E-state index < -0.39 is 10.0 Å². The summed E-state index contributed by atoms with van der Waals surface area (Å²) in [4.78, 5) is 9.14. The first kappa shape index (κ1) is 17.8. The first-order valence-corrected chi connectivity index (χ1v) is 10.1. The van der Waals surface area contributed by atoms with Crippen LogP contribution < -0.4 is 4.72 Å². The smallest absolute Gasteiger partial charge is 0.240 e. The number of rotatable bonds is 5. The van der Waals surface area contributed by atoms with Gasteiger partial charge in [-0.05, 0) is 44.0 Å². The van der Waals surface area contributed by atoms with Crippen LogP contribution in [0, 0.1) is 6.92 Å². The number of aliphatic imine (C=N–C) groups is 1. The van der Waals surface area contributed by atoms with Gasteiger partial charge in [0.2, 0.25) is 10.0 Å². The molecule has 2 unspecified atom stereocenters. The number of benzene rings is 1. The van der Waals surface area contributed by atoms with E-state index in [0.29, 0.717) is 4.90 Å². The molecule has 0 aliphatic heterocycles. The average molecular weight is 357 g/mol. The van der Waals surface area contributed by atoms with Crippen LogP contribution in [-0.4, -0.2) is 31.7 Å². The molecule has 1 fully saturated rings. The quantitative estimate of drug-likeness (QED) is 0.836. The molecule has 1 aliphatic rings. The Balaban J connectivity index is 1.74. The van der Waals surface area contributed by atoms with Crippen LogP contribution in [0.2, 0.25) is 0 Å². The molecule has 1 aliphatic carbocycles. The number of hydrogen-bond acceptors (Lipinski definition) is 4. The minimum atomic E-state index is -3.53. The highest BCUT2D eigenvalue weighted by Gasteiger charge is 2.29. The van der Waals surface area contributed by atoms with Gasteiger partial charge in [-0.3, -0.25) is 9.98 Å². The second kappa shape index (κ2) is 7.89. The molecule has 1 N–H and O–H groups in total. The lowest BCUT2D eigenvalue weighted by Gasteiger charge is -2.29. The molecule has 3 rings (SSSR count). The molecule has 2 aromatic rings. The lowest BCUT2D eigenvalue weighted by molar-refractivity contribution is 0.363. The van der Waals surface area contributed by atoms with E-state index >= 15 is 0 Å². The zero-order chi connectivity index (χ0) is 17.7. The summed E-state index contributed by atoms with van der Waals surface area (Å²) < 4.78 is 28.2. The number of nitrogens with one attached hydrogen (secondary N) is 1. The Bertz CT molecular complexity index is 818. The topological polar surface area (TPSA) is 71.4 Å². The number of sulfonamides is 1. The molecule has 0 radical (unpaired) electrons. The second-order valence-corrected chi connectivity index (χ2v) is 8.14. The number of pyridine rings is 1. The largest absolute Gasteiger partial charge is 0.286 e. The first-order valence-electron chi connectivity index (χ1n) is 8.58. The Kier molecular flexibility index (Phi) is 5.60. The molecule has 1 saturated carbocycles. The van der Waals surface area contributed by atoms with E-state index in [0.717, 1.165) is 36.9 Å². The molecule has 2 atom stereocenters. The maximum atomic E-state index is 12.7. The van der Waals surface area contributed by atoms with Crippen molar-refractivity contribution in [2.24, 2.45) is 4.99 Å². The van der Waals surface area contributed by atoms with Gasteiger partial charge in [0.1, 0.15) is 0 Å². The fourth-order valence-electron chi connectivity index (χ4n) is 3.04. The number of nitrogens with zero attached hydrogens (tertiary/aromatic N) is 2. The van der Waals surface area contributed by atoms with Gasteiger partial charge in [-0.25, -0.2) is 13.1 Å². The summed E-state index contributed by atoms with van der Waals surface area (Å²) in [5.41, 5.74) is 1.82. The Morgan fingerprint density at radius 2 is 1.88 bits per heavy atom. The summed E-state index contributed by atoms with van der Waals surface area (Å²) >= 11 is 0. The number of aryl methyl sites for hydroxylation is 1. The summed E-state index contributed by atoms with van der Waals surface area (Å²) in [5.74, 6) is 0. The lowest BCUT2D eigenvalue weighted by atomic mass is 9.91. The fraction of sp³-hybridized carbons (Fsp3) is 0.368. The monoisotopic (exact) mass is 357 g/mol. The summed E-state index contributed by atoms with van der Waals surface area (Å²) in [5, 5.41) is 0. The highest BCUT2D eigenvalue weighted by molar-refractivity contribution is 7.89. The predicted molar refractivity (Wildman–Crippen MR) is 99.4 cm³/mol. The van der Waals surface area contributed by atoms with E-state index in [1.54, 1.807) is 24.5 Å². The van der Waals surface area contributed by atoms with Gasteiger partial charge >= 0.3 is 0 Å². The standard InChI is InChI=1S/C19H23N3O2S/c1-15-9-11-17(12-10-15)25(23,24)22-19-8-3-2-7-18(19)21-14-16-6-4-5-13-20-16/h4-6,9-14,18-19,22H,2-3,7-8H2,1H3. The zero-order valence-corrected chi connectivity index (χ0v) is 15.1. The third-order valence-electron chi connectivity index (χ3n) is 4.45. The van der Waals surface area contributed by atoms with Crippen molar-refractivity contribution in [1.82, 2.24) is 9.71 Å². The van der Waals surface area contributed by atoms with Crippen molar-refractivity contribution >= 4 is 16.2 Å². The van der Waals surface area contributed by atoms with E-state index in [4.69, 9.17) is 0 Å². The SMILES string of the molecule is Cc1ccc(S(=O)(=O)NC2CCCCC2N=Cc2ccccn2)cc1. The Hall–Kier alpha value is -2.05. The predicted octanol–water partition coefficient (Wildman–Crippen LogP) is 3.10. The van der Waals surface area contributed by atoms with E-state index in [2.05, 4.69) is 14.7 Å². The van der Waals surface area contributed by atoms with Crippen LogP contribution in [0.4, 0.5) is 0 Å². The van der Waals surface area contributed by atoms with Crippen molar-refractivity contribution in [2.75, 3.05) is 0 Å². The van der Waals surface area contributed by atoms with Gasteiger partial charge in [0, 0.05) is 18.5 Å². The summed E-state index contributed by atoms with van der Waals surface area (Å²) in [6.45, 7) is 1.94. The summed E-state index contributed by atoms with van der Waals surface area (Å²) in [7, 11) is -3.53. The molecule has 0 bridgehead atoms. The van der Waals surface area contributed by atoms with E-state index in [1.807, 2.05) is 37.3 Å². The van der Waals surface area contributed by atoms with E-state index in [1.165, 1.54) is 0 Å². The molecule has 25 heavy (non-hydrogen) atoms. The molecule has 6 heteroatoms. The highest BCUT2D eigenvalue weighted by atomic mass is 32.2. The van der Waals surface area contributed by atoms with Crippen LogP contribution in [0.15, 0.2) is 58.5 Å². The molecule has 0 saturated heterocycles. The molecular formula is C19H23N3O2S. The first-order chi connectivity index (χ1) is 12.0. The van der Waals surface area contributed by atoms with Gasteiger partial charge in [0.15, 0.2) is 0 Å². The lowest BCUT2D eigenvalue weighted by Crippen LogP contribution is -2.44. The van der Waals surface area contributed by atoms with Gasteiger partial charge in [-0.2, -0.15) is 0 Å². The molecule has 1 heterocycles. The van der Waals surface area contributed by atoms with Crippen LogP contribution >= 0.6 is 0 Å². The molecule has 1 aromatic carbocycles. The minimum absolute atomic E-state index is 0.0593. The minimum Gasteiger partial charge on any atom is -0.286 e. The van der Waals surface area contributed by atoms with Gasteiger partial charge in [-0.1, -0.05) is 36.6 Å². The normalized spacial score (nSPS) is 21.5. The summed E-state index contributed by atoms with van der Waals surface area (Å²) in [6.07, 6.45) is 7.21. The Labute approximate surface area is 149 Å². The van der Waals surface area contributed by atoms with Crippen molar-refractivity contribution in [1.29, 1.82) is 0 Å². The van der Waals surface area contributed by atoms with Gasteiger partial charge < -0.3 is 0 Å². The van der Waals surface area contributed by atoms with Crippen LogP contribution in [-0.2, 0) is 10.0 Å². The molecular weight excluding hydrogens is 334 g/mol. The van der Waals surface area contributed by atoms with Crippen molar-refractivity contribution in [3.8, 4) is 0 Å². The second-order valence-electron chi connectivity index (χ2n) is 6.43. The van der Waals surface area contributed by atoms with Crippen molar-refractivity contribution in [3.05, 3.63) is 59.9 Å². The average Bonchev–Trinajstić information content (AvgIpc) is 2.62. The zero-order valence-electron chi connectivity index (χ0n) is 14.3. The highest BCUT2D eigenvalue weighted by Crippen LogP contribution is 2.23. The van der Waals surface area contributed by atoms with Crippen molar-refractivity contribution in [3.63, 3.8) is 0 Å². The van der Waals surface area contributed by atoms with Crippen LogP contribution in [0.1, 0.15) is 36.9 Å². The van der Waals surface area contributed by atoms with E-state index in [9.17, 15) is 8.42 Å². The maximum absolute atomic E-state index is 12.7. The molecule has 132 valence electrons. The Morgan fingerprint density at radius 3 is 2.60 bits per heavy atom. The van der Waals surface area contributed by atoms with Crippen molar-refractivity contribution in [2.45, 2.75) is 49.6 Å². The summed E-state index contributed by atoms with van der Waals surface area (Å²) in [6, 6.07) is 12.3. The van der Waals surface area contributed by atoms with Gasteiger partial charge in [0.05, 0.1) is 16.6 Å². The van der Waals surface area contributed by atoms with Crippen LogP contribution in [0.5, 0.6) is 0 Å². The van der Waals surface area contributed by atoms with Crippen LogP contribution in [0.3, 0.4) is 0 Å². The molecule has 1 aromatic heterocycles. The Morgan fingerprint density at radius 1 is 1.12 bits per heavy atom. The molecule has 0 amide bonds. The fourth-order valence-corrected chi connectivity index (χ4v) is 4.34. The maximum Gasteiger partial charge on any atom is 0.240 e. The van der Waals surface area contributed by atoms with Crippen LogP contribution in [0.25, 0.3) is 0 Å². The number of hydrogen-bond donors (Lipinski definition) is 1. The third-order valence-corrected chi connectivity index (χ3v) is 5.96. The molecule has 5 nitrogen and oxygen atoms in total. The van der Waals surface area contributed by atoms with Gasteiger partial charge in [0.25, 0.3) is 0 Å². The van der Waals surface area contributed by atoms with Gasteiger partial charge in [-0.15, -0.1) is 0 Å². The number of aromatic nitrogens is 1.